The Balaban J connectivity index is 1.79. The maximum absolute atomic E-state index is 13.1. The second-order valence-corrected chi connectivity index (χ2v) is 7.53. The Morgan fingerprint density at radius 2 is 1.72 bits per heavy atom. The smallest absolute Gasteiger partial charge is 0.307 e. The number of halogens is 2. The highest BCUT2D eigenvalue weighted by atomic mass is 32.2. The van der Waals surface area contributed by atoms with Crippen LogP contribution in [0.1, 0.15) is 23.7 Å². The zero-order chi connectivity index (χ0) is 21.4. The van der Waals surface area contributed by atoms with Gasteiger partial charge in [-0.2, -0.15) is 0 Å². The lowest BCUT2D eigenvalue weighted by Crippen LogP contribution is -2.27. The molecule has 0 aliphatic rings. The first kappa shape index (κ1) is 22.4. The summed E-state index contributed by atoms with van der Waals surface area (Å²) in [6.07, 6.45) is -0.318. The molecule has 2 aromatic carbocycles. The monoisotopic (exact) mass is 427 g/mol. The topological polar surface area (TPSA) is 98.8 Å². The van der Waals surface area contributed by atoms with Crippen molar-refractivity contribution in [2.45, 2.75) is 18.2 Å². The molecule has 0 radical (unpaired) electrons. The number of hydrogen-bond acceptors (Lipinski definition) is 6. The molecule has 0 unspecified atom stereocenters. The summed E-state index contributed by atoms with van der Waals surface area (Å²) in [5, 5.41) is 0. The van der Waals surface area contributed by atoms with Crippen LogP contribution in [0.4, 0.5) is 8.78 Å². The van der Waals surface area contributed by atoms with Crippen molar-refractivity contribution < 1.29 is 36.3 Å². The molecule has 0 fully saturated rings. The standard InChI is InChI=1S/C19H19F2NO6S/c1-2-27-14-4-6-15(7-5-14)29(25,26)22-10-9-19(24)28-12-18(23)13-3-8-16(20)17(21)11-13/h3-8,11,22H,2,9-10,12H2,1H3. The van der Waals surface area contributed by atoms with Crippen molar-refractivity contribution in [1.82, 2.24) is 4.72 Å². The second kappa shape index (κ2) is 10.1. The van der Waals surface area contributed by atoms with E-state index in [1.807, 2.05) is 0 Å². The largest absolute Gasteiger partial charge is 0.494 e. The molecule has 29 heavy (non-hydrogen) atoms. The Kier molecular flexibility index (Phi) is 7.80. The maximum atomic E-state index is 13.1. The highest BCUT2D eigenvalue weighted by Gasteiger charge is 2.16. The molecule has 0 saturated heterocycles. The van der Waals surface area contributed by atoms with Gasteiger partial charge >= 0.3 is 5.97 Å². The Morgan fingerprint density at radius 1 is 1.03 bits per heavy atom. The van der Waals surface area contributed by atoms with Crippen LogP contribution in [0, 0.1) is 11.6 Å². The molecule has 156 valence electrons. The Labute approximate surface area is 166 Å². The number of ketones is 1. The Bertz CT molecular complexity index is 977. The van der Waals surface area contributed by atoms with E-state index in [1.165, 1.54) is 24.3 Å². The van der Waals surface area contributed by atoms with Crippen molar-refractivity contribution in [3.8, 4) is 5.75 Å². The van der Waals surface area contributed by atoms with Crippen LogP contribution in [-0.4, -0.2) is 39.9 Å². The minimum atomic E-state index is -3.83. The van der Waals surface area contributed by atoms with Gasteiger partial charge in [-0.15, -0.1) is 0 Å². The van der Waals surface area contributed by atoms with Crippen LogP contribution in [0.15, 0.2) is 47.4 Å². The molecule has 2 rings (SSSR count). The number of hydrogen-bond donors (Lipinski definition) is 1. The van der Waals surface area contributed by atoms with Gasteiger partial charge in [0.25, 0.3) is 0 Å². The van der Waals surface area contributed by atoms with Gasteiger partial charge in [-0.1, -0.05) is 0 Å². The lowest BCUT2D eigenvalue weighted by Gasteiger charge is -2.08. The lowest BCUT2D eigenvalue weighted by atomic mass is 10.1. The quantitative estimate of drug-likeness (QED) is 0.462. The average molecular weight is 427 g/mol. The van der Waals surface area contributed by atoms with Crippen molar-refractivity contribution in [1.29, 1.82) is 0 Å². The first-order valence-corrected chi connectivity index (χ1v) is 10.1. The fourth-order valence-corrected chi connectivity index (χ4v) is 3.26. The van der Waals surface area contributed by atoms with Gasteiger partial charge in [0.05, 0.1) is 17.9 Å². The van der Waals surface area contributed by atoms with Crippen LogP contribution in [0.2, 0.25) is 0 Å². The normalized spacial score (nSPS) is 11.1. The highest BCUT2D eigenvalue weighted by Crippen LogP contribution is 2.15. The molecule has 0 amide bonds. The van der Waals surface area contributed by atoms with E-state index in [0.717, 1.165) is 12.1 Å². The molecule has 2 aromatic rings. The first-order chi connectivity index (χ1) is 13.7. The zero-order valence-corrected chi connectivity index (χ0v) is 16.3. The molecule has 10 heteroatoms. The molecule has 0 saturated carbocycles. The summed E-state index contributed by atoms with van der Waals surface area (Å²) in [6, 6.07) is 8.32. The van der Waals surface area contributed by atoms with Crippen molar-refractivity contribution >= 4 is 21.8 Å². The molecule has 0 atom stereocenters. The summed E-state index contributed by atoms with van der Waals surface area (Å²) in [5.74, 6) is -3.30. The fourth-order valence-electron chi connectivity index (χ4n) is 2.22. The number of rotatable bonds is 10. The summed E-state index contributed by atoms with van der Waals surface area (Å²) in [5.41, 5.74) is -0.145. The molecular formula is C19H19F2NO6S. The minimum Gasteiger partial charge on any atom is -0.494 e. The van der Waals surface area contributed by atoms with Crippen molar-refractivity contribution in [3.63, 3.8) is 0 Å². The summed E-state index contributed by atoms with van der Waals surface area (Å²) in [6.45, 7) is 1.34. The van der Waals surface area contributed by atoms with Gasteiger partial charge in [0.1, 0.15) is 5.75 Å². The van der Waals surface area contributed by atoms with Crippen LogP contribution < -0.4 is 9.46 Å². The SMILES string of the molecule is CCOc1ccc(S(=O)(=O)NCCC(=O)OCC(=O)c2ccc(F)c(F)c2)cc1. The minimum absolute atomic E-state index is 0.00262. The maximum Gasteiger partial charge on any atom is 0.307 e. The third kappa shape index (κ3) is 6.61. The molecule has 0 aliphatic heterocycles. The van der Waals surface area contributed by atoms with E-state index in [9.17, 15) is 26.8 Å². The number of esters is 1. The number of ether oxygens (including phenoxy) is 2. The van der Waals surface area contributed by atoms with Crippen molar-refractivity contribution in [2.75, 3.05) is 19.8 Å². The molecule has 0 spiro atoms. The average Bonchev–Trinajstić information content (AvgIpc) is 2.69. The summed E-state index contributed by atoms with van der Waals surface area (Å²) in [4.78, 5) is 23.5. The lowest BCUT2D eigenvalue weighted by molar-refractivity contribution is -0.142. The van der Waals surface area contributed by atoms with Crippen LogP contribution in [0.25, 0.3) is 0 Å². The van der Waals surface area contributed by atoms with E-state index in [2.05, 4.69) is 4.72 Å². The number of Topliss-reactive ketones (excluding diaryl/α,β-unsaturated/α-hetero) is 1. The van der Waals surface area contributed by atoms with E-state index in [-0.39, 0.29) is 23.4 Å². The van der Waals surface area contributed by atoms with E-state index in [1.54, 1.807) is 6.92 Å². The highest BCUT2D eigenvalue weighted by molar-refractivity contribution is 7.89. The van der Waals surface area contributed by atoms with E-state index in [0.29, 0.717) is 18.4 Å². The predicted octanol–water partition coefficient (Wildman–Crippen LogP) is 2.46. The number of carbonyl (C=O) groups excluding carboxylic acids is 2. The van der Waals surface area contributed by atoms with Crippen LogP contribution >= 0.6 is 0 Å². The van der Waals surface area contributed by atoms with Gasteiger partial charge in [0, 0.05) is 12.1 Å². The summed E-state index contributed by atoms with van der Waals surface area (Å²) >= 11 is 0. The van der Waals surface area contributed by atoms with Gasteiger partial charge < -0.3 is 9.47 Å². The summed E-state index contributed by atoms with van der Waals surface area (Å²) in [7, 11) is -3.83. The number of nitrogens with one attached hydrogen (secondary N) is 1. The third-order valence-corrected chi connectivity index (χ3v) is 5.15. The van der Waals surface area contributed by atoms with Gasteiger partial charge in [-0.3, -0.25) is 9.59 Å². The molecule has 0 heterocycles. The van der Waals surface area contributed by atoms with Crippen molar-refractivity contribution in [3.05, 3.63) is 59.7 Å². The van der Waals surface area contributed by atoms with Crippen LogP contribution in [0.3, 0.4) is 0 Å². The molecule has 0 bridgehead atoms. The van der Waals surface area contributed by atoms with E-state index in [4.69, 9.17) is 9.47 Å². The number of sulfonamides is 1. The molecular weight excluding hydrogens is 408 g/mol. The number of carbonyl (C=O) groups is 2. The third-order valence-electron chi connectivity index (χ3n) is 3.67. The van der Waals surface area contributed by atoms with Gasteiger partial charge in [-0.05, 0) is 49.4 Å². The molecule has 1 N–H and O–H groups in total. The molecule has 7 nitrogen and oxygen atoms in total. The Morgan fingerprint density at radius 3 is 2.34 bits per heavy atom. The van der Waals surface area contributed by atoms with Crippen LogP contribution in [-0.2, 0) is 19.6 Å². The van der Waals surface area contributed by atoms with Gasteiger partial charge in [0.2, 0.25) is 10.0 Å². The fraction of sp³-hybridized carbons (Fsp3) is 0.263. The van der Waals surface area contributed by atoms with Gasteiger partial charge in [0.15, 0.2) is 24.0 Å². The van der Waals surface area contributed by atoms with Crippen molar-refractivity contribution in [2.24, 2.45) is 0 Å². The zero-order valence-electron chi connectivity index (χ0n) is 15.5. The Hall–Kier alpha value is -2.85. The van der Waals surface area contributed by atoms with Gasteiger partial charge in [-0.25, -0.2) is 21.9 Å². The van der Waals surface area contributed by atoms with E-state index >= 15 is 0 Å². The first-order valence-electron chi connectivity index (χ1n) is 8.59. The predicted molar refractivity (Wildman–Crippen MR) is 99.1 cm³/mol. The van der Waals surface area contributed by atoms with E-state index < -0.39 is 40.0 Å². The molecule has 0 aromatic heterocycles. The number of benzene rings is 2. The summed E-state index contributed by atoms with van der Waals surface area (Å²) < 4.78 is 62.5. The second-order valence-electron chi connectivity index (χ2n) is 5.76. The molecule has 0 aliphatic carbocycles. The van der Waals surface area contributed by atoms with Crippen LogP contribution in [0.5, 0.6) is 5.75 Å².